The van der Waals surface area contributed by atoms with Gasteiger partial charge in [-0.05, 0) is 71.4 Å². The summed E-state index contributed by atoms with van der Waals surface area (Å²) < 4.78 is 0. The second-order valence-corrected chi connectivity index (χ2v) is 9.47. The largest absolute Gasteiger partial charge is 0.293 e. The Balaban J connectivity index is 1.56. The molecule has 0 aliphatic carbocycles. The molecule has 0 bridgehead atoms. The average molecular weight is 472 g/mol. The van der Waals surface area contributed by atoms with E-state index in [0.717, 1.165) is 32.7 Å². The maximum Gasteiger partial charge on any atom is 0.293 e. The Hall–Kier alpha value is -2.18. The summed E-state index contributed by atoms with van der Waals surface area (Å²) >= 11 is 14.4. The van der Waals surface area contributed by atoms with Crippen LogP contribution in [0, 0.1) is 0 Å². The monoisotopic (exact) mass is 471 g/mol. The Morgan fingerprint density at radius 3 is 2.20 bits per heavy atom. The van der Waals surface area contributed by atoms with Crippen molar-refractivity contribution < 1.29 is 9.59 Å². The highest BCUT2D eigenvalue weighted by molar-refractivity contribution is 8.18. The summed E-state index contributed by atoms with van der Waals surface area (Å²) in [5.74, 6) is -0.286. The van der Waals surface area contributed by atoms with Gasteiger partial charge in [0.05, 0.1) is 11.4 Å². The highest BCUT2D eigenvalue weighted by Crippen LogP contribution is 2.37. The van der Waals surface area contributed by atoms with Crippen LogP contribution in [-0.2, 0) is 11.3 Å². The van der Waals surface area contributed by atoms with Crippen molar-refractivity contribution in [3.63, 3.8) is 0 Å². The van der Waals surface area contributed by atoms with Gasteiger partial charge in [0.15, 0.2) is 0 Å². The van der Waals surface area contributed by atoms with Gasteiger partial charge in [0.1, 0.15) is 0 Å². The lowest BCUT2D eigenvalue weighted by molar-refractivity contribution is -0.123. The summed E-state index contributed by atoms with van der Waals surface area (Å²) in [5.41, 5.74) is 1.73. The fourth-order valence-corrected chi connectivity index (χ4v) is 4.87. The zero-order valence-corrected chi connectivity index (χ0v) is 18.7. The number of rotatable bonds is 5. The van der Waals surface area contributed by atoms with Crippen LogP contribution < -0.4 is 0 Å². The molecule has 1 heterocycles. The van der Waals surface area contributed by atoms with Crippen LogP contribution in [0.15, 0.2) is 87.5 Å². The summed E-state index contributed by atoms with van der Waals surface area (Å²) in [5, 5.41) is 1.02. The topological polar surface area (TPSA) is 37.4 Å². The zero-order valence-electron chi connectivity index (χ0n) is 15.5. The normalized spacial score (nSPS) is 15.3. The van der Waals surface area contributed by atoms with Crippen LogP contribution in [0.4, 0.5) is 4.79 Å². The van der Waals surface area contributed by atoms with E-state index in [1.165, 1.54) is 4.90 Å². The number of carbonyl (C=O) groups excluding carboxylic acids is 2. The van der Waals surface area contributed by atoms with Crippen molar-refractivity contribution in [2.24, 2.45) is 0 Å². The molecule has 0 radical (unpaired) electrons. The van der Waals surface area contributed by atoms with Crippen LogP contribution in [0.2, 0.25) is 10.0 Å². The molecule has 2 amide bonds. The smallest absolute Gasteiger partial charge is 0.268 e. The fraction of sp³-hybridized carbons (Fsp3) is 0.0435. The molecule has 0 unspecified atom stereocenters. The van der Waals surface area contributed by atoms with Crippen molar-refractivity contribution in [1.29, 1.82) is 0 Å². The van der Waals surface area contributed by atoms with Gasteiger partial charge in [0.25, 0.3) is 11.1 Å². The lowest BCUT2D eigenvalue weighted by atomic mass is 10.2. The second-order valence-electron chi connectivity index (χ2n) is 6.49. The van der Waals surface area contributed by atoms with E-state index in [4.69, 9.17) is 23.2 Å². The van der Waals surface area contributed by atoms with Crippen molar-refractivity contribution in [3.05, 3.63) is 98.9 Å². The maximum atomic E-state index is 12.9. The molecule has 1 aliphatic rings. The minimum Gasteiger partial charge on any atom is -0.268 e. The van der Waals surface area contributed by atoms with Gasteiger partial charge in [0.2, 0.25) is 0 Å². The van der Waals surface area contributed by atoms with E-state index in [9.17, 15) is 9.59 Å². The van der Waals surface area contributed by atoms with Gasteiger partial charge in [-0.15, -0.1) is 0 Å². The predicted octanol–water partition coefficient (Wildman–Crippen LogP) is 7.38. The molecule has 0 N–H and O–H groups in total. The minimum absolute atomic E-state index is 0.223. The first kappa shape index (κ1) is 21.1. The maximum absolute atomic E-state index is 12.9. The number of hydrogen-bond donors (Lipinski definition) is 0. The van der Waals surface area contributed by atoms with E-state index in [2.05, 4.69) is 0 Å². The third kappa shape index (κ3) is 4.93. The Labute approximate surface area is 193 Å². The van der Waals surface area contributed by atoms with Gasteiger partial charge >= 0.3 is 0 Å². The van der Waals surface area contributed by atoms with Crippen molar-refractivity contribution >= 4 is 63.9 Å². The number of hydrogen-bond acceptors (Lipinski definition) is 4. The molecule has 3 aromatic carbocycles. The molecule has 30 heavy (non-hydrogen) atoms. The van der Waals surface area contributed by atoms with E-state index < -0.39 is 0 Å². The standard InChI is InChI=1S/C23H15Cl2NO2S2/c24-17-7-5-15(6-8-17)14-26-22(27)21(30-23(26)28)13-16-3-1-2-4-20(16)29-19-11-9-18(25)10-12-19/h1-13H,14H2/b21-13-. The average Bonchev–Trinajstić information content (AvgIpc) is 3.00. The quantitative estimate of drug-likeness (QED) is 0.363. The molecule has 0 saturated carbocycles. The Kier molecular flexibility index (Phi) is 6.54. The first-order valence-corrected chi connectivity index (χ1v) is 11.4. The molecule has 3 nitrogen and oxygen atoms in total. The van der Waals surface area contributed by atoms with Gasteiger partial charge in [-0.2, -0.15) is 0 Å². The molecule has 0 spiro atoms. The number of nitrogens with zero attached hydrogens (tertiary/aromatic N) is 1. The van der Waals surface area contributed by atoms with Crippen molar-refractivity contribution in [1.82, 2.24) is 4.90 Å². The third-order valence-electron chi connectivity index (χ3n) is 4.37. The predicted molar refractivity (Wildman–Crippen MR) is 125 cm³/mol. The van der Waals surface area contributed by atoms with Gasteiger partial charge in [-0.25, -0.2) is 0 Å². The van der Waals surface area contributed by atoms with Crippen LogP contribution in [0.25, 0.3) is 6.08 Å². The molecule has 3 aromatic rings. The van der Waals surface area contributed by atoms with Crippen molar-refractivity contribution in [3.8, 4) is 0 Å². The summed E-state index contributed by atoms with van der Waals surface area (Å²) in [6, 6.07) is 22.5. The first-order valence-electron chi connectivity index (χ1n) is 9.02. The van der Waals surface area contributed by atoms with Crippen LogP contribution in [0.1, 0.15) is 11.1 Å². The summed E-state index contributed by atoms with van der Waals surface area (Å²) in [4.78, 5) is 29.0. The van der Waals surface area contributed by atoms with E-state index in [1.54, 1.807) is 30.0 Å². The van der Waals surface area contributed by atoms with Crippen LogP contribution in [0.3, 0.4) is 0 Å². The number of carbonyl (C=O) groups is 2. The highest BCUT2D eigenvalue weighted by atomic mass is 35.5. The van der Waals surface area contributed by atoms with Gasteiger partial charge in [-0.3, -0.25) is 14.5 Å². The number of amides is 2. The Morgan fingerprint density at radius 2 is 1.50 bits per heavy atom. The van der Waals surface area contributed by atoms with E-state index in [0.29, 0.717) is 15.0 Å². The zero-order chi connectivity index (χ0) is 21.1. The molecular formula is C23H15Cl2NO2S2. The summed E-state index contributed by atoms with van der Waals surface area (Å²) in [6.45, 7) is 0.223. The van der Waals surface area contributed by atoms with Gasteiger partial charge in [-0.1, -0.05) is 65.3 Å². The molecule has 4 rings (SSSR count). The van der Waals surface area contributed by atoms with E-state index in [1.807, 2.05) is 60.7 Å². The highest BCUT2D eigenvalue weighted by Gasteiger charge is 2.35. The Morgan fingerprint density at radius 1 is 0.867 bits per heavy atom. The summed E-state index contributed by atoms with van der Waals surface area (Å²) in [6.07, 6.45) is 1.78. The molecule has 1 fully saturated rings. The van der Waals surface area contributed by atoms with Crippen molar-refractivity contribution in [2.75, 3.05) is 0 Å². The van der Waals surface area contributed by atoms with Gasteiger partial charge in [0, 0.05) is 19.8 Å². The molecule has 1 aliphatic heterocycles. The van der Waals surface area contributed by atoms with Crippen LogP contribution >= 0.6 is 46.7 Å². The molecule has 0 atom stereocenters. The number of imide groups is 1. The van der Waals surface area contributed by atoms with E-state index >= 15 is 0 Å². The number of halogens is 2. The molecule has 1 saturated heterocycles. The molecule has 0 aromatic heterocycles. The molecule has 150 valence electrons. The minimum atomic E-state index is -0.286. The Bertz CT molecular complexity index is 1130. The molecule has 7 heteroatoms. The molecular weight excluding hydrogens is 457 g/mol. The SMILES string of the molecule is O=C1S/C(=C\c2ccccc2Sc2ccc(Cl)cc2)C(=O)N1Cc1ccc(Cl)cc1. The second kappa shape index (κ2) is 9.31. The lowest BCUT2D eigenvalue weighted by Crippen LogP contribution is -2.27. The van der Waals surface area contributed by atoms with E-state index in [-0.39, 0.29) is 17.7 Å². The lowest BCUT2D eigenvalue weighted by Gasteiger charge is -2.12. The van der Waals surface area contributed by atoms with Crippen LogP contribution in [0.5, 0.6) is 0 Å². The van der Waals surface area contributed by atoms with Crippen molar-refractivity contribution in [2.45, 2.75) is 16.3 Å². The fourth-order valence-electron chi connectivity index (χ4n) is 2.87. The number of benzene rings is 3. The van der Waals surface area contributed by atoms with Gasteiger partial charge < -0.3 is 0 Å². The first-order chi connectivity index (χ1) is 14.5. The summed E-state index contributed by atoms with van der Waals surface area (Å²) in [7, 11) is 0. The third-order valence-corrected chi connectivity index (χ3v) is 6.89. The van der Waals surface area contributed by atoms with Crippen LogP contribution in [-0.4, -0.2) is 16.0 Å². The number of thioether (sulfide) groups is 1.